The Morgan fingerprint density at radius 3 is 2.46 bits per heavy atom. The summed E-state index contributed by atoms with van der Waals surface area (Å²) in [5, 5.41) is 2.37. The molecule has 1 aromatic carbocycles. The van der Waals surface area contributed by atoms with E-state index in [0.717, 1.165) is 11.3 Å². The van der Waals surface area contributed by atoms with Crippen LogP contribution >= 0.6 is 12.2 Å². The van der Waals surface area contributed by atoms with E-state index < -0.39 is 0 Å². The molecule has 0 bridgehead atoms. The minimum Gasteiger partial charge on any atom is -0.497 e. The van der Waals surface area contributed by atoms with Crippen LogP contribution in [0, 0.1) is 0 Å². The van der Waals surface area contributed by atoms with E-state index in [1.165, 1.54) is 0 Å². The third kappa shape index (κ3) is 2.65. The van der Waals surface area contributed by atoms with Crippen molar-refractivity contribution in [1.29, 1.82) is 0 Å². The van der Waals surface area contributed by atoms with Crippen LogP contribution in [-0.2, 0) is 0 Å². The van der Waals surface area contributed by atoms with Crippen molar-refractivity contribution in [2.24, 2.45) is 4.99 Å². The molecule has 0 spiro atoms. The normalized spacial score (nSPS) is 11.5. The summed E-state index contributed by atoms with van der Waals surface area (Å²) >= 11 is 4.54. The fraction of sp³-hybridized carbons (Fsp3) is 0.300. The molecule has 0 fully saturated rings. The molecule has 0 heterocycles. The Morgan fingerprint density at radius 1 is 1.38 bits per heavy atom. The van der Waals surface area contributed by atoms with Crippen molar-refractivity contribution in [3.8, 4) is 5.75 Å². The van der Waals surface area contributed by atoms with Crippen molar-refractivity contribution in [3.63, 3.8) is 0 Å². The van der Waals surface area contributed by atoms with Crippen molar-refractivity contribution in [1.82, 2.24) is 0 Å². The number of rotatable bonds is 3. The molecule has 1 rings (SSSR count). The SMILES string of the molecule is COc1ccc([C@H](C)N=C=S)cc1. The Hall–Kier alpha value is -1.18. The number of isothiocyanates is 1. The second-order valence-corrected chi connectivity index (χ2v) is 2.85. The van der Waals surface area contributed by atoms with Crippen LogP contribution in [0.1, 0.15) is 18.5 Å². The molecular weight excluding hydrogens is 182 g/mol. The third-order valence-electron chi connectivity index (χ3n) is 1.84. The van der Waals surface area contributed by atoms with Crippen molar-refractivity contribution in [2.45, 2.75) is 13.0 Å². The molecular formula is C10H11NOS. The Morgan fingerprint density at radius 2 is 2.00 bits per heavy atom. The van der Waals surface area contributed by atoms with Gasteiger partial charge in [0.05, 0.1) is 18.3 Å². The summed E-state index contributed by atoms with van der Waals surface area (Å²) in [6.07, 6.45) is 0. The highest BCUT2D eigenvalue weighted by atomic mass is 32.1. The van der Waals surface area contributed by atoms with Gasteiger partial charge in [0, 0.05) is 0 Å². The molecule has 0 unspecified atom stereocenters. The average Bonchev–Trinajstić information content (AvgIpc) is 2.18. The molecule has 2 nitrogen and oxygen atoms in total. The molecule has 0 saturated carbocycles. The predicted molar refractivity (Wildman–Crippen MR) is 56.4 cm³/mol. The maximum atomic E-state index is 5.04. The van der Waals surface area contributed by atoms with Gasteiger partial charge in [-0.3, -0.25) is 0 Å². The summed E-state index contributed by atoms with van der Waals surface area (Å²) in [6, 6.07) is 7.83. The smallest absolute Gasteiger partial charge is 0.118 e. The van der Waals surface area contributed by atoms with Gasteiger partial charge in [0.25, 0.3) is 0 Å². The Bertz CT molecular complexity index is 314. The molecule has 0 saturated heterocycles. The van der Waals surface area contributed by atoms with Crippen molar-refractivity contribution in [3.05, 3.63) is 29.8 Å². The van der Waals surface area contributed by atoms with E-state index in [0.29, 0.717) is 0 Å². The minimum absolute atomic E-state index is 0.0726. The first-order valence-corrected chi connectivity index (χ1v) is 4.39. The highest BCUT2D eigenvalue weighted by Gasteiger charge is 2.01. The van der Waals surface area contributed by atoms with Crippen LogP contribution in [0.4, 0.5) is 0 Å². The van der Waals surface area contributed by atoms with E-state index in [-0.39, 0.29) is 6.04 Å². The Kier molecular flexibility index (Phi) is 3.62. The number of ether oxygens (including phenoxy) is 1. The maximum Gasteiger partial charge on any atom is 0.118 e. The van der Waals surface area contributed by atoms with Gasteiger partial charge in [0.2, 0.25) is 0 Å². The van der Waals surface area contributed by atoms with Gasteiger partial charge < -0.3 is 4.74 Å². The summed E-state index contributed by atoms with van der Waals surface area (Å²) in [7, 11) is 1.65. The molecule has 1 aromatic rings. The Balaban J connectivity index is 2.85. The van der Waals surface area contributed by atoms with Crippen molar-refractivity contribution in [2.75, 3.05) is 7.11 Å². The number of thiocarbonyl (C=S) groups is 1. The van der Waals surface area contributed by atoms with Crippen molar-refractivity contribution >= 4 is 17.4 Å². The predicted octanol–water partition coefficient (Wildman–Crippen LogP) is 2.86. The standard InChI is InChI=1S/C10H11NOS/c1-8(11-7-13)9-3-5-10(12-2)6-4-9/h3-6,8H,1-2H3/t8-/m0/s1. The highest BCUT2D eigenvalue weighted by Crippen LogP contribution is 2.19. The van der Waals surface area contributed by atoms with Gasteiger partial charge in [-0.2, -0.15) is 0 Å². The summed E-state index contributed by atoms with van der Waals surface area (Å²) < 4.78 is 5.04. The summed E-state index contributed by atoms with van der Waals surface area (Å²) in [5.41, 5.74) is 1.11. The monoisotopic (exact) mass is 193 g/mol. The van der Waals surface area contributed by atoms with Crippen LogP contribution in [0.15, 0.2) is 29.3 Å². The third-order valence-corrected chi connectivity index (χ3v) is 1.95. The number of aliphatic imine (C=N–C) groups is 1. The topological polar surface area (TPSA) is 21.6 Å². The van der Waals surface area contributed by atoms with Gasteiger partial charge in [-0.15, -0.1) is 0 Å². The second kappa shape index (κ2) is 4.75. The number of nitrogens with zero attached hydrogens (tertiary/aromatic N) is 1. The Labute approximate surface area is 83.3 Å². The van der Waals surface area contributed by atoms with E-state index >= 15 is 0 Å². The molecule has 0 amide bonds. The van der Waals surface area contributed by atoms with Gasteiger partial charge in [-0.1, -0.05) is 12.1 Å². The largest absolute Gasteiger partial charge is 0.497 e. The fourth-order valence-corrected chi connectivity index (χ4v) is 1.19. The van der Waals surface area contributed by atoms with Crippen molar-refractivity contribution < 1.29 is 4.74 Å². The fourth-order valence-electron chi connectivity index (χ4n) is 1.04. The maximum absolute atomic E-state index is 5.04. The first-order chi connectivity index (χ1) is 6.27. The molecule has 13 heavy (non-hydrogen) atoms. The highest BCUT2D eigenvalue weighted by molar-refractivity contribution is 7.78. The van der Waals surface area contributed by atoms with Crippen LogP contribution in [0.2, 0.25) is 0 Å². The molecule has 68 valence electrons. The minimum atomic E-state index is 0.0726. The number of methoxy groups -OCH3 is 1. The van der Waals surface area contributed by atoms with Gasteiger partial charge in [0.15, 0.2) is 0 Å². The lowest BCUT2D eigenvalue weighted by Crippen LogP contribution is -1.89. The zero-order valence-electron chi connectivity index (χ0n) is 7.65. The molecule has 0 radical (unpaired) electrons. The first kappa shape index (κ1) is 9.90. The van der Waals surface area contributed by atoms with E-state index in [9.17, 15) is 0 Å². The van der Waals surface area contributed by atoms with Gasteiger partial charge in [-0.05, 0) is 36.8 Å². The van der Waals surface area contributed by atoms with Crippen LogP contribution in [-0.4, -0.2) is 12.3 Å². The first-order valence-electron chi connectivity index (χ1n) is 3.99. The number of benzene rings is 1. The molecule has 0 aliphatic rings. The zero-order chi connectivity index (χ0) is 9.68. The number of hydrogen-bond acceptors (Lipinski definition) is 3. The molecule has 0 aliphatic heterocycles. The van der Waals surface area contributed by atoms with E-state index in [1.54, 1.807) is 7.11 Å². The number of hydrogen-bond donors (Lipinski definition) is 0. The lowest BCUT2D eigenvalue weighted by Gasteiger charge is -2.05. The second-order valence-electron chi connectivity index (χ2n) is 2.67. The van der Waals surface area contributed by atoms with Gasteiger partial charge in [0.1, 0.15) is 5.75 Å². The summed E-state index contributed by atoms with van der Waals surface area (Å²) in [6.45, 7) is 1.97. The molecule has 1 atom stereocenters. The quantitative estimate of drug-likeness (QED) is 0.544. The van der Waals surface area contributed by atoms with Gasteiger partial charge in [-0.25, -0.2) is 4.99 Å². The van der Waals surface area contributed by atoms with E-state index in [1.807, 2.05) is 31.2 Å². The molecule has 0 aromatic heterocycles. The van der Waals surface area contributed by atoms with E-state index in [4.69, 9.17) is 4.74 Å². The summed E-state index contributed by atoms with van der Waals surface area (Å²) in [5.74, 6) is 0.849. The van der Waals surface area contributed by atoms with Crippen LogP contribution in [0.5, 0.6) is 5.75 Å². The molecule has 3 heteroatoms. The lowest BCUT2D eigenvalue weighted by molar-refractivity contribution is 0.414. The van der Waals surface area contributed by atoms with E-state index in [2.05, 4.69) is 22.4 Å². The van der Waals surface area contributed by atoms with Crippen LogP contribution < -0.4 is 4.74 Å². The molecule has 0 aliphatic carbocycles. The lowest BCUT2D eigenvalue weighted by atomic mass is 10.1. The zero-order valence-corrected chi connectivity index (χ0v) is 8.47. The van der Waals surface area contributed by atoms with Gasteiger partial charge >= 0.3 is 0 Å². The van der Waals surface area contributed by atoms with Crippen LogP contribution in [0.3, 0.4) is 0 Å². The summed E-state index contributed by atoms with van der Waals surface area (Å²) in [4.78, 5) is 3.97. The van der Waals surface area contributed by atoms with Crippen LogP contribution in [0.25, 0.3) is 0 Å². The average molecular weight is 193 g/mol. The molecule has 0 N–H and O–H groups in total.